The molecule has 1 aromatic rings. The molecule has 2 unspecified atom stereocenters. The number of likely N-dealkylation sites (N-methyl/N-ethyl adjacent to an activating group) is 2. The van der Waals surface area contributed by atoms with Crippen molar-refractivity contribution in [2.75, 3.05) is 40.3 Å². The van der Waals surface area contributed by atoms with Crippen LogP contribution in [0.3, 0.4) is 0 Å². The van der Waals surface area contributed by atoms with Crippen LogP contribution in [0.15, 0.2) is 18.2 Å². The smallest absolute Gasteiger partial charge is 0.122 e. The molecule has 0 bridgehead atoms. The van der Waals surface area contributed by atoms with E-state index in [2.05, 4.69) is 42.1 Å². The fourth-order valence-electron chi connectivity index (χ4n) is 3.33. The van der Waals surface area contributed by atoms with E-state index in [1.807, 2.05) is 0 Å². The topological polar surface area (TPSA) is 41.7 Å². The quantitative estimate of drug-likeness (QED) is 0.882. The number of nitrogens with zero attached hydrogens (tertiary/aromatic N) is 2. The van der Waals surface area contributed by atoms with Crippen LogP contribution in [0.1, 0.15) is 23.6 Å². The second-order valence-electron chi connectivity index (χ2n) is 6.16. The molecular formula is C16H25N3O. The van der Waals surface area contributed by atoms with E-state index in [1.165, 1.54) is 17.5 Å². The number of fused-ring (bicyclic) bond motifs is 1. The molecule has 2 N–H and O–H groups in total. The van der Waals surface area contributed by atoms with E-state index in [1.54, 1.807) is 0 Å². The summed E-state index contributed by atoms with van der Waals surface area (Å²) >= 11 is 0. The Bertz CT molecular complexity index is 477. The van der Waals surface area contributed by atoms with Crippen LogP contribution in [0.2, 0.25) is 0 Å². The largest absolute Gasteiger partial charge is 0.493 e. The van der Waals surface area contributed by atoms with Crippen LogP contribution in [-0.4, -0.2) is 56.2 Å². The van der Waals surface area contributed by atoms with E-state index in [0.717, 1.165) is 38.4 Å². The van der Waals surface area contributed by atoms with Crippen molar-refractivity contribution in [1.82, 2.24) is 9.80 Å². The zero-order valence-electron chi connectivity index (χ0n) is 12.5. The van der Waals surface area contributed by atoms with Crippen molar-refractivity contribution in [3.8, 4) is 5.75 Å². The lowest BCUT2D eigenvalue weighted by Crippen LogP contribution is -2.45. The Morgan fingerprint density at radius 2 is 2.15 bits per heavy atom. The van der Waals surface area contributed by atoms with Gasteiger partial charge in [-0.3, -0.25) is 0 Å². The molecule has 1 saturated heterocycles. The summed E-state index contributed by atoms with van der Waals surface area (Å²) in [6.45, 7) is 4.12. The normalized spacial score (nSPS) is 25.9. The molecule has 0 saturated carbocycles. The minimum absolute atomic E-state index is 0.0615. The molecular weight excluding hydrogens is 250 g/mol. The van der Waals surface area contributed by atoms with Gasteiger partial charge >= 0.3 is 0 Å². The summed E-state index contributed by atoms with van der Waals surface area (Å²) < 4.78 is 5.58. The molecule has 1 aromatic carbocycles. The zero-order valence-corrected chi connectivity index (χ0v) is 12.5. The van der Waals surface area contributed by atoms with Gasteiger partial charge in [-0.1, -0.05) is 12.1 Å². The third-order valence-corrected chi connectivity index (χ3v) is 4.63. The molecule has 3 rings (SSSR count). The average Bonchev–Trinajstić information content (AvgIpc) is 2.84. The number of hydrogen-bond donors (Lipinski definition) is 1. The molecule has 2 aliphatic heterocycles. The lowest BCUT2D eigenvalue weighted by atomic mass is 9.96. The Morgan fingerprint density at radius 1 is 1.30 bits per heavy atom. The highest BCUT2D eigenvalue weighted by Crippen LogP contribution is 2.29. The minimum Gasteiger partial charge on any atom is -0.493 e. The van der Waals surface area contributed by atoms with Crippen LogP contribution < -0.4 is 10.5 Å². The Labute approximate surface area is 121 Å². The molecule has 2 aliphatic rings. The second kappa shape index (κ2) is 5.72. The summed E-state index contributed by atoms with van der Waals surface area (Å²) in [5.41, 5.74) is 9.12. The van der Waals surface area contributed by atoms with E-state index < -0.39 is 0 Å². The van der Waals surface area contributed by atoms with Gasteiger partial charge in [-0.15, -0.1) is 0 Å². The van der Waals surface area contributed by atoms with Gasteiger partial charge in [0.15, 0.2) is 0 Å². The van der Waals surface area contributed by atoms with Crippen molar-refractivity contribution in [2.24, 2.45) is 5.73 Å². The third kappa shape index (κ3) is 2.68. The number of benzene rings is 1. The summed E-state index contributed by atoms with van der Waals surface area (Å²) in [4.78, 5) is 4.81. The monoisotopic (exact) mass is 275 g/mol. The zero-order chi connectivity index (χ0) is 14.1. The van der Waals surface area contributed by atoms with Crippen LogP contribution in [0.5, 0.6) is 5.75 Å². The predicted octanol–water partition coefficient (Wildman–Crippen LogP) is 1.26. The Hall–Kier alpha value is -1.10. The first-order valence-corrected chi connectivity index (χ1v) is 7.55. The van der Waals surface area contributed by atoms with Gasteiger partial charge in [-0.2, -0.15) is 0 Å². The maximum absolute atomic E-state index is 6.58. The van der Waals surface area contributed by atoms with Crippen LogP contribution >= 0.6 is 0 Å². The van der Waals surface area contributed by atoms with Crippen molar-refractivity contribution in [1.29, 1.82) is 0 Å². The first-order valence-electron chi connectivity index (χ1n) is 7.55. The van der Waals surface area contributed by atoms with Gasteiger partial charge < -0.3 is 20.3 Å². The number of rotatable bonds is 2. The molecule has 4 heteroatoms. The number of hydrogen-bond acceptors (Lipinski definition) is 4. The van der Waals surface area contributed by atoms with Crippen molar-refractivity contribution >= 4 is 0 Å². The SMILES string of the molecule is CN1CCCN(C)C(C(N)c2ccc3c(c2)CCO3)C1. The molecule has 2 heterocycles. The first-order chi connectivity index (χ1) is 9.65. The highest BCUT2D eigenvalue weighted by atomic mass is 16.5. The molecule has 2 atom stereocenters. The maximum Gasteiger partial charge on any atom is 0.122 e. The van der Waals surface area contributed by atoms with Gasteiger partial charge in [-0.25, -0.2) is 0 Å². The van der Waals surface area contributed by atoms with Crippen molar-refractivity contribution in [3.63, 3.8) is 0 Å². The van der Waals surface area contributed by atoms with Crippen molar-refractivity contribution in [2.45, 2.75) is 24.9 Å². The fourth-order valence-corrected chi connectivity index (χ4v) is 3.33. The van der Waals surface area contributed by atoms with Crippen LogP contribution in [0.4, 0.5) is 0 Å². The van der Waals surface area contributed by atoms with Crippen LogP contribution in [0.25, 0.3) is 0 Å². The number of nitrogens with two attached hydrogens (primary N) is 1. The van der Waals surface area contributed by atoms with E-state index in [-0.39, 0.29) is 6.04 Å². The van der Waals surface area contributed by atoms with Gasteiger partial charge in [0, 0.05) is 25.0 Å². The molecule has 0 amide bonds. The van der Waals surface area contributed by atoms with E-state index in [4.69, 9.17) is 10.5 Å². The minimum atomic E-state index is 0.0615. The molecule has 20 heavy (non-hydrogen) atoms. The van der Waals surface area contributed by atoms with E-state index in [0.29, 0.717) is 6.04 Å². The summed E-state index contributed by atoms with van der Waals surface area (Å²) in [5.74, 6) is 1.03. The summed E-state index contributed by atoms with van der Waals surface area (Å²) in [6, 6.07) is 6.89. The lowest BCUT2D eigenvalue weighted by Gasteiger charge is -2.32. The van der Waals surface area contributed by atoms with Gasteiger partial charge in [-0.05, 0) is 50.8 Å². The van der Waals surface area contributed by atoms with Crippen LogP contribution in [0, 0.1) is 0 Å². The Balaban J connectivity index is 1.81. The number of ether oxygens (including phenoxy) is 1. The molecule has 0 aromatic heterocycles. The average molecular weight is 275 g/mol. The van der Waals surface area contributed by atoms with Gasteiger partial charge in [0.05, 0.1) is 6.61 Å². The molecule has 0 aliphatic carbocycles. The lowest BCUT2D eigenvalue weighted by molar-refractivity contribution is 0.196. The molecule has 0 spiro atoms. The maximum atomic E-state index is 6.58. The molecule has 110 valence electrons. The van der Waals surface area contributed by atoms with E-state index in [9.17, 15) is 0 Å². The third-order valence-electron chi connectivity index (χ3n) is 4.63. The van der Waals surface area contributed by atoms with E-state index >= 15 is 0 Å². The Morgan fingerprint density at radius 3 is 3.00 bits per heavy atom. The molecule has 1 fully saturated rings. The van der Waals surface area contributed by atoms with Gasteiger partial charge in [0.25, 0.3) is 0 Å². The summed E-state index contributed by atoms with van der Waals surface area (Å²) in [7, 11) is 4.38. The van der Waals surface area contributed by atoms with Gasteiger partial charge in [0.1, 0.15) is 5.75 Å². The predicted molar refractivity (Wildman–Crippen MR) is 81.1 cm³/mol. The second-order valence-corrected chi connectivity index (χ2v) is 6.16. The fraction of sp³-hybridized carbons (Fsp3) is 0.625. The highest BCUT2D eigenvalue weighted by Gasteiger charge is 2.27. The van der Waals surface area contributed by atoms with Crippen LogP contribution in [-0.2, 0) is 6.42 Å². The Kier molecular flexibility index (Phi) is 3.96. The van der Waals surface area contributed by atoms with Crippen molar-refractivity contribution < 1.29 is 4.74 Å². The molecule has 0 radical (unpaired) electrons. The highest BCUT2D eigenvalue weighted by molar-refractivity contribution is 5.41. The van der Waals surface area contributed by atoms with Gasteiger partial charge in [0.2, 0.25) is 0 Å². The first kappa shape index (κ1) is 13.9. The molecule has 4 nitrogen and oxygen atoms in total. The standard InChI is InChI=1S/C16H25N3O/c1-18-7-3-8-19(2)14(11-18)16(17)13-4-5-15-12(10-13)6-9-20-15/h4-5,10,14,16H,3,6-9,11,17H2,1-2H3. The summed E-state index contributed by atoms with van der Waals surface area (Å²) in [6.07, 6.45) is 2.23. The van der Waals surface area contributed by atoms with Crippen molar-refractivity contribution in [3.05, 3.63) is 29.3 Å². The summed E-state index contributed by atoms with van der Waals surface area (Å²) in [5, 5.41) is 0.